The molecule has 0 bridgehead atoms. The average molecular weight is 254 g/mol. The van der Waals surface area contributed by atoms with Crippen LogP contribution in [-0.2, 0) is 6.54 Å². The van der Waals surface area contributed by atoms with Crippen molar-refractivity contribution in [3.63, 3.8) is 0 Å². The van der Waals surface area contributed by atoms with Crippen molar-refractivity contribution in [3.8, 4) is 0 Å². The number of nitrogens with zero attached hydrogens (tertiary/aromatic N) is 1. The monoisotopic (exact) mass is 254 g/mol. The Labute approximate surface area is 115 Å². The molecule has 0 fully saturated rings. The minimum Gasteiger partial charge on any atom is -0.347 e. The van der Waals surface area contributed by atoms with Gasteiger partial charge in [-0.15, -0.1) is 0 Å². The van der Waals surface area contributed by atoms with E-state index >= 15 is 0 Å². The molecule has 0 saturated carbocycles. The van der Waals surface area contributed by atoms with Crippen molar-refractivity contribution in [2.75, 3.05) is 13.1 Å². The Kier molecular flexibility index (Phi) is 3.69. The van der Waals surface area contributed by atoms with Gasteiger partial charge in [-0.1, -0.05) is 37.6 Å². The first-order chi connectivity index (χ1) is 9.40. The minimum absolute atomic E-state index is 1.00. The zero-order valence-electron chi connectivity index (χ0n) is 11.7. The predicted octanol–water partition coefficient (Wildman–Crippen LogP) is 3.82. The van der Waals surface area contributed by atoms with E-state index in [1.165, 1.54) is 34.9 Å². The molecule has 1 aliphatic heterocycles. The summed E-state index contributed by atoms with van der Waals surface area (Å²) in [5, 5.41) is 4.80. The van der Waals surface area contributed by atoms with E-state index < -0.39 is 0 Å². The van der Waals surface area contributed by atoms with Gasteiger partial charge < -0.3 is 9.88 Å². The van der Waals surface area contributed by atoms with Crippen LogP contribution in [0.3, 0.4) is 0 Å². The van der Waals surface area contributed by atoms with Crippen LogP contribution in [0.15, 0.2) is 36.5 Å². The summed E-state index contributed by atoms with van der Waals surface area (Å²) in [4.78, 5) is 0. The fourth-order valence-corrected chi connectivity index (χ4v) is 2.88. The summed E-state index contributed by atoms with van der Waals surface area (Å²) in [6, 6.07) is 8.80. The molecular weight excluding hydrogens is 232 g/mol. The largest absolute Gasteiger partial charge is 0.347 e. The number of aryl methyl sites for hydroxylation is 1. The summed E-state index contributed by atoms with van der Waals surface area (Å²) < 4.78 is 2.43. The molecule has 0 aliphatic carbocycles. The molecule has 0 amide bonds. The van der Waals surface area contributed by atoms with E-state index in [1.807, 2.05) is 0 Å². The summed E-state index contributed by atoms with van der Waals surface area (Å²) in [5.74, 6) is 0. The van der Waals surface area contributed by atoms with Crippen LogP contribution in [0.4, 0.5) is 0 Å². The van der Waals surface area contributed by atoms with Crippen molar-refractivity contribution in [3.05, 3.63) is 42.1 Å². The highest BCUT2D eigenvalue weighted by atomic mass is 15.0. The molecule has 0 unspecified atom stereocenters. The number of hydrogen-bond acceptors (Lipinski definition) is 1. The minimum atomic E-state index is 1.00. The van der Waals surface area contributed by atoms with Crippen molar-refractivity contribution in [1.29, 1.82) is 0 Å². The highest BCUT2D eigenvalue weighted by Gasteiger charge is 2.13. The third-order valence-electron chi connectivity index (χ3n) is 3.95. The predicted molar refractivity (Wildman–Crippen MR) is 82.3 cm³/mol. The molecule has 0 radical (unpaired) electrons. The van der Waals surface area contributed by atoms with Gasteiger partial charge in [0.1, 0.15) is 0 Å². The van der Waals surface area contributed by atoms with E-state index in [9.17, 15) is 0 Å². The summed E-state index contributed by atoms with van der Waals surface area (Å²) in [7, 11) is 0. The van der Waals surface area contributed by atoms with E-state index in [1.54, 1.807) is 0 Å². The number of hydrogen-bond donors (Lipinski definition) is 1. The molecule has 2 aromatic rings. The van der Waals surface area contributed by atoms with Gasteiger partial charge in [0.2, 0.25) is 0 Å². The van der Waals surface area contributed by atoms with E-state index in [0.717, 1.165) is 26.1 Å². The van der Waals surface area contributed by atoms with E-state index in [0.29, 0.717) is 0 Å². The van der Waals surface area contributed by atoms with Crippen molar-refractivity contribution < 1.29 is 0 Å². The van der Waals surface area contributed by atoms with E-state index in [-0.39, 0.29) is 0 Å². The van der Waals surface area contributed by atoms with Gasteiger partial charge in [0.05, 0.1) is 0 Å². The molecule has 0 spiro atoms. The summed E-state index contributed by atoms with van der Waals surface area (Å²) in [6.07, 6.45) is 8.34. The van der Waals surface area contributed by atoms with Gasteiger partial charge in [-0.25, -0.2) is 0 Å². The van der Waals surface area contributed by atoms with Crippen molar-refractivity contribution in [1.82, 2.24) is 9.88 Å². The summed E-state index contributed by atoms with van der Waals surface area (Å²) >= 11 is 0. The molecule has 3 rings (SSSR count). The normalized spacial score (nSPS) is 15.7. The Morgan fingerprint density at radius 2 is 2.16 bits per heavy atom. The first-order valence-corrected chi connectivity index (χ1v) is 7.38. The van der Waals surface area contributed by atoms with Gasteiger partial charge >= 0.3 is 0 Å². The van der Waals surface area contributed by atoms with Gasteiger partial charge in [-0.3, -0.25) is 0 Å². The Balaban J connectivity index is 2.06. The first kappa shape index (κ1) is 12.5. The first-order valence-electron chi connectivity index (χ1n) is 7.38. The Morgan fingerprint density at radius 1 is 1.26 bits per heavy atom. The van der Waals surface area contributed by atoms with Crippen LogP contribution >= 0.6 is 0 Å². The Morgan fingerprint density at radius 3 is 2.95 bits per heavy atom. The third kappa shape index (κ3) is 2.45. The van der Waals surface area contributed by atoms with Crippen LogP contribution in [0.5, 0.6) is 0 Å². The van der Waals surface area contributed by atoms with Crippen LogP contribution in [0.1, 0.15) is 31.7 Å². The zero-order chi connectivity index (χ0) is 13.1. The number of unbranched alkanes of at least 4 members (excludes halogenated alkanes) is 1. The summed E-state index contributed by atoms with van der Waals surface area (Å²) in [5.41, 5.74) is 4.32. The lowest BCUT2D eigenvalue weighted by Gasteiger charge is -2.13. The fourth-order valence-electron chi connectivity index (χ4n) is 2.88. The standard InChI is InChI=1S/C17H22N2/c1-2-3-12-19-13-16(14-8-10-18-11-9-14)15-6-4-5-7-17(15)19/h4-8,13,18H,2-3,9-12H2,1H3. The molecule has 2 heterocycles. The van der Waals surface area contributed by atoms with Crippen molar-refractivity contribution in [2.24, 2.45) is 0 Å². The van der Waals surface area contributed by atoms with Gasteiger partial charge in [-0.2, -0.15) is 0 Å². The quantitative estimate of drug-likeness (QED) is 0.877. The molecule has 19 heavy (non-hydrogen) atoms. The maximum atomic E-state index is 3.39. The zero-order valence-corrected chi connectivity index (χ0v) is 11.7. The van der Waals surface area contributed by atoms with Crippen molar-refractivity contribution in [2.45, 2.75) is 32.7 Å². The molecule has 2 heteroatoms. The van der Waals surface area contributed by atoms with Gasteiger partial charge in [0.25, 0.3) is 0 Å². The third-order valence-corrected chi connectivity index (χ3v) is 3.95. The molecule has 2 nitrogen and oxygen atoms in total. The van der Waals surface area contributed by atoms with Crippen LogP contribution < -0.4 is 5.32 Å². The number of benzene rings is 1. The molecule has 1 aromatic carbocycles. The highest BCUT2D eigenvalue weighted by Crippen LogP contribution is 2.30. The Hall–Kier alpha value is -1.54. The molecule has 0 atom stereocenters. The maximum Gasteiger partial charge on any atom is 0.0486 e. The number of para-hydroxylation sites is 1. The second kappa shape index (κ2) is 5.62. The van der Waals surface area contributed by atoms with Crippen LogP contribution in [0.2, 0.25) is 0 Å². The summed E-state index contributed by atoms with van der Waals surface area (Å²) in [6.45, 7) is 5.48. The van der Waals surface area contributed by atoms with Crippen LogP contribution in [0, 0.1) is 0 Å². The lowest BCUT2D eigenvalue weighted by Crippen LogP contribution is -2.19. The number of nitrogens with one attached hydrogen (secondary N) is 1. The van der Waals surface area contributed by atoms with Crippen molar-refractivity contribution >= 4 is 16.5 Å². The SMILES string of the molecule is CCCCn1cc(C2=CCNCC2)c2ccccc21. The number of aromatic nitrogens is 1. The molecule has 100 valence electrons. The van der Waals surface area contributed by atoms with Crippen LogP contribution in [-0.4, -0.2) is 17.7 Å². The molecule has 1 aromatic heterocycles. The lowest BCUT2D eigenvalue weighted by atomic mass is 10.00. The lowest BCUT2D eigenvalue weighted by molar-refractivity contribution is 0.649. The second-order valence-corrected chi connectivity index (χ2v) is 5.29. The molecule has 0 saturated heterocycles. The molecular formula is C17H22N2. The maximum absolute atomic E-state index is 3.39. The van der Waals surface area contributed by atoms with E-state index in [4.69, 9.17) is 0 Å². The number of fused-ring (bicyclic) bond motifs is 1. The Bertz CT molecular complexity index is 592. The van der Waals surface area contributed by atoms with Gasteiger partial charge in [0.15, 0.2) is 0 Å². The average Bonchev–Trinajstić information content (AvgIpc) is 2.85. The fraction of sp³-hybridized carbons (Fsp3) is 0.412. The van der Waals surface area contributed by atoms with Gasteiger partial charge in [-0.05, 0) is 31.0 Å². The molecule has 1 aliphatic rings. The smallest absolute Gasteiger partial charge is 0.0486 e. The number of rotatable bonds is 4. The van der Waals surface area contributed by atoms with Crippen LogP contribution in [0.25, 0.3) is 16.5 Å². The second-order valence-electron chi connectivity index (χ2n) is 5.29. The molecule has 1 N–H and O–H groups in total. The van der Waals surface area contributed by atoms with E-state index in [2.05, 4.69) is 53.3 Å². The van der Waals surface area contributed by atoms with Gasteiger partial charge in [0, 0.05) is 35.8 Å². The topological polar surface area (TPSA) is 17.0 Å². The highest BCUT2D eigenvalue weighted by molar-refractivity contribution is 5.93.